The maximum absolute atomic E-state index is 12.2. The third kappa shape index (κ3) is 4.02. The van der Waals surface area contributed by atoms with Crippen LogP contribution in [0.25, 0.3) is 11.3 Å². The Balaban J connectivity index is 2.00. The SMILES string of the molecule is CCN(C[C@H](C)C#N)C(=O)Nc1ccc(-c2csnn2)cc1. The molecule has 1 N–H and O–H groups in total. The van der Waals surface area contributed by atoms with Gasteiger partial charge in [-0.1, -0.05) is 16.6 Å². The highest BCUT2D eigenvalue weighted by molar-refractivity contribution is 7.03. The zero-order valence-corrected chi connectivity index (χ0v) is 13.3. The molecule has 1 aromatic carbocycles. The van der Waals surface area contributed by atoms with E-state index in [1.165, 1.54) is 11.5 Å². The van der Waals surface area contributed by atoms with Gasteiger partial charge in [0.05, 0.1) is 12.0 Å². The minimum absolute atomic E-state index is 0.190. The molecule has 1 heterocycles. The molecule has 114 valence electrons. The maximum atomic E-state index is 12.2. The van der Waals surface area contributed by atoms with Crippen molar-refractivity contribution in [3.8, 4) is 17.3 Å². The van der Waals surface area contributed by atoms with E-state index in [2.05, 4.69) is 21.0 Å². The molecule has 1 aromatic heterocycles. The Morgan fingerprint density at radius 1 is 1.45 bits per heavy atom. The molecule has 0 fully saturated rings. The fraction of sp³-hybridized carbons (Fsp3) is 0.333. The maximum Gasteiger partial charge on any atom is 0.321 e. The lowest BCUT2D eigenvalue weighted by Crippen LogP contribution is -2.37. The predicted octanol–water partition coefficient (Wildman–Crippen LogP) is 3.22. The van der Waals surface area contributed by atoms with Gasteiger partial charge in [-0.15, -0.1) is 5.10 Å². The minimum atomic E-state index is -0.201. The zero-order chi connectivity index (χ0) is 15.9. The Labute approximate surface area is 133 Å². The molecular weight excluding hydrogens is 298 g/mol. The summed E-state index contributed by atoms with van der Waals surface area (Å²) < 4.78 is 3.83. The number of carbonyl (C=O) groups is 1. The minimum Gasteiger partial charge on any atom is -0.324 e. The first-order valence-electron chi connectivity index (χ1n) is 6.97. The molecule has 2 aromatic rings. The van der Waals surface area contributed by atoms with Crippen molar-refractivity contribution >= 4 is 23.3 Å². The highest BCUT2D eigenvalue weighted by Crippen LogP contribution is 2.20. The number of hydrogen-bond donors (Lipinski definition) is 1. The van der Waals surface area contributed by atoms with Crippen molar-refractivity contribution < 1.29 is 4.79 Å². The number of benzene rings is 1. The van der Waals surface area contributed by atoms with Crippen molar-refractivity contribution in [1.29, 1.82) is 5.26 Å². The second kappa shape index (κ2) is 7.52. The number of nitriles is 1. The summed E-state index contributed by atoms with van der Waals surface area (Å²) in [4.78, 5) is 13.8. The van der Waals surface area contributed by atoms with Crippen LogP contribution < -0.4 is 5.32 Å². The number of nitrogens with one attached hydrogen (secondary N) is 1. The van der Waals surface area contributed by atoms with Crippen molar-refractivity contribution in [1.82, 2.24) is 14.5 Å². The standard InChI is InChI=1S/C15H17N5OS/c1-3-20(9-11(2)8-16)15(21)17-13-6-4-12(5-7-13)14-10-22-19-18-14/h4-7,10-11H,3,9H2,1-2H3,(H,17,21)/t11-/m1/s1. The molecule has 0 aliphatic rings. The molecule has 1 atom stereocenters. The summed E-state index contributed by atoms with van der Waals surface area (Å²) >= 11 is 1.30. The van der Waals surface area contributed by atoms with E-state index >= 15 is 0 Å². The monoisotopic (exact) mass is 315 g/mol. The fourth-order valence-electron chi connectivity index (χ4n) is 1.94. The van der Waals surface area contributed by atoms with Crippen LogP contribution >= 0.6 is 11.5 Å². The van der Waals surface area contributed by atoms with Gasteiger partial charge in [-0.3, -0.25) is 0 Å². The first-order valence-corrected chi connectivity index (χ1v) is 7.80. The number of nitrogens with zero attached hydrogens (tertiary/aromatic N) is 4. The number of amides is 2. The van der Waals surface area contributed by atoms with E-state index in [9.17, 15) is 4.79 Å². The Morgan fingerprint density at radius 3 is 2.73 bits per heavy atom. The average molecular weight is 315 g/mol. The number of urea groups is 1. The average Bonchev–Trinajstić information content (AvgIpc) is 3.07. The highest BCUT2D eigenvalue weighted by Gasteiger charge is 2.14. The number of rotatable bonds is 5. The third-order valence-corrected chi connectivity index (χ3v) is 3.68. The van der Waals surface area contributed by atoms with Crippen LogP contribution in [0.3, 0.4) is 0 Å². The van der Waals surface area contributed by atoms with Crippen LogP contribution in [0.4, 0.5) is 10.5 Å². The molecule has 22 heavy (non-hydrogen) atoms. The molecule has 0 aliphatic heterocycles. The summed E-state index contributed by atoms with van der Waals surface area (Å²) in [6, 6.07) is 9.37. The van der Waals surface area contributed by atoms with E-state index in [0.717, 1.165) is 11.3 Å². The van der Waals surface area contributed by atoms with Crippen molar-refractivity contribution in [3.05, 3.63) is 29.6 Å². The van der Waals surface area contributed by atoms with Crippen molar-refractivity contribution in [2.24, 2.45) is 5.92 Å². The number of anilines is 1. The van der Waals surface area contributed by atoms with Crippen molar-refractivity contribution in [2.75, 3.05) is 18.4 Å². The molecule has 0 spiro atoms. The second-order valence-electron chi connectivity index (χ2n) is 4.87. The zero-order valence-electron chi connectivity index (χ0n) is 12.5. The Morgan fingerprint density at radius 2 is 2.18 bits per heavy atom. The van der Waals surface area contributed by atoms with Crippen LogP contribution in [-0.2, 0) is 0 Å². The van der Waals surface area contributed by atoms with Gasteiger partial charge < -0.3 is 10.2 Å². The lowest BCUT2D eigenvalue weighted by atomic mass is 10.1. The molecular formula is C15H17N5OS. The van der Waals surface area contributed by atoms with Gasteiger partial charge in [-0.2, -0.15) is 5.26 Å². The summed E-state index contributed by atoms with van der Waals surface area (Å²) in [7, 11) is 0. The molecule has 7 heteroatoms. The van der Waals surface area contributed by atoms with Crippen LogP contribution in [0.5, 0.6) is 0 Å². The molecule has 0 bridgehead atoms. The molecule has 6 nitrogen and oxygen atoms in total. The number of hydrogen-bond acceptors (Lipinski definition) is 5. The van der Waals surface area contributed by atoms with E-state index in [1.807, 2.05) is 36.6 Å². The lowest BCUT2D eigenvalue weighted by molar-refractivity contribution is 0.210. The normalized spacial score (nSPS) is 11.5. The largest absolute Gasteiger partial charge is 0.324 e. The molecule has 0 saturated heterocycles. The number of aromatic nitrogens is 2. The first kappa shape index (κ1) is 15.9. The van der Waals surface area contributed by atoms with Gasteiger partial charge in [0.2, 0.25) is 0 Å². The first-order chi connectivity index (χ1) is 10.6. The van der Waals surface area contributed by atoms with Gasteiger partial charge in [0.1, 0.15) is 5.69 Å². The number of carbonyl (C=O) groups excluding carboxylic acids is 1. The van der Waals surface area contributed by atoms with Gasteiger partial charge >= 0.3 is 6.03 Å². The summed E-state index contributed by atoms with van der Waals surface area (Å²) in [5.41, 5.74) is 2.48. The third-order valence-electron chi connectivity index (χ3n) is 3.18. The highest BCUT2D eigenvalue weighted by atomic mass is 32.1. The van der Waals surface area contributed by atoms with Crippen molar-refractivity contribution in [3.63, 3.8) is 0 Å². The van der Waals surface area contributed by atoms with Crippen LogP contribution in [0, 0.1) is 17.2 Å². The smallest absolute Gasteiger partial charge is 0.321 e. The lowest BCUT2D eigenvalue weighted by Gasteiger charge is -2.22. The van der Waals surface area contributed by atoms with E-state index in [0.29, 0.717) is 18.8 Å². The Hall–Kier alpha value is -2.46. The Bertz CT molecular complexity index is 648. The molecule has 0 unspecified atom stereocenters. The van der Waals surface area contributed by atoms with Crippen LogP contribution in [0.2, 0.25) is 0 Å². The van der Waals surface area contributed by atoms with Crippen LogP contribution in [0.15, 0.2) is 29.6 Å². The van der Waals surface area contributed by atoms with E-state index < -0.39 is 0 Å². The van der Waals surface area contributed by atoms with Gasteiger partial charge in [-0.25, -0.2) is 4.79 Å². The molecule has 0 saturated carbocycles. The summed E-state index contributed by atoms with van der Waals surface area (Å²) in [5.74, 6) is -0.190. The van der Waals surface area contributed by atoms with Gasteiger partial charge in [0.15, 0.2) is 0 Å². The van der Waals surface area contributed by atoms with E-state index in [4.69, 9.17) is 5.26 Å². The summed E-state index contributed by atoms with van der Waals surface area (Å²) in [6.45, 7) is 4.66. The quantitative estimate of drug-likeness (QED) is 0.918. The van der Waals surface area contributed by atoms with Crippen LogP contribution in [0.1, 0.15) is 13.8 Å². The molecule has 0 aliphatic carbocycles. The second-order valence-corrected chi connectivity index (χ2v) is 5.48. The molecule has 2 amide bonds. The molecule has 2 rings (SSSR count). The summed E-state index contributed by atoms with van der Waals surface area (Å²) in [6.07, 6.45) is 0. The predicted molar refractivity (Wildman–Crippen MR) is 86.4 cm³/mol. The van der Waals surface area contributed by atoms with E-state index in [1.54, 1.807) is 11.8 Å². The van der Waals surface area contributed by atoms with Gasteiger partial charge in [0.25, 0.3) is 0 Å². The van der Waals surface area contributed by atoms with E-state index in [-0.39, 0.29) is 11.9 Å². The fourth-order valence-corrected chi connectivity index (χ4v) is 2.41. The summed E-state index contributed by atoms with van der Waals surface area (Å²) in [5, 5.41) is 17.6. The Kier molecular flexibility index (Phi) is 5.44. The molecule has 0 radical (unpaired) electrons. The van der Waals surface area contributed by atoms with Gasteiger partial charge in [0, 0.05) is 29.7 Å². The van der Waals surface area contributed by atoms with Gasteiger partial charge in [-0.05, 0) is 37.5 Å². The van der Waals surface area contributed by atoms with Crippen molar-refractivity contribution in [2.45, 2.75) is 13.8 Å². The topological polar surface area (TPSA) is 81.9 Å². The van der Waals surface area contributed by atoms with Crippen LogP contribution in [-0.4, -0.2) is 33.6 Å².